The summed E-state index contributed by atoms with van der Waals surface area (Å²) in [5.41, 5.74) is 2.22. The van der Waals surface area contributed by atoms with E-state index in [1.807, 2.05) is 6.07 Å². The lowest BCUT2D eigenvalue weighted by Gasteiger charge is -2.04. The fraction of sp³-hybridized carbons (Fsp3) is 0.0526. The number of halogens is 2. The van der Waals surface area contributed by atoms with Gasteiger partial charge in [-0.25, -0.2) is 15.0 Å². The van der Waals surface area contributed by atoms with Crippen LogP contribution in [0.2, 0.25) is 10.0 Å². The lowest BCUT2D eigenvalue weighted by Crippen LogP contribution is -2.07. The fourth-order valence-electron chi connectivity index (χ4n) is 2.67. The number of hydrogen-bond acceptors (Lipinski definition) is 5. The zero-order valence-corrected chi connectivity index (χ0v) is 16.9. The van der Waals surface area contributed by atoms with Gasteiger partial charge in [0.15, 0.2) is 0 Å². The van der Waals surface area contributed by atoms with Crippen molar-refractivity contribution in [3.05, 3.63) is 59.0 Å². The molecule has 9 heteroatoms. The number of amides is 1. The third-order valence-corrected chi connectivity index (χ3v) is 5.51. The Hall–Kier alpha value is -2.74. The van der Waals surface area contributed by atoms with E-state index in [4.69, 9.17) is 28.2 Å². The highest BCUT2D eigenvalue weighted by molar-refractivity contribution is 7.18. The maximum absolute atomic E-state index is 11.3. The van der Waals surface area contributed by atoms with E-state index < -0.39 is 0 Å². The summed E-state index contributed by atoms with van der Waals surface area (Å²) in [6.45, 7) is 1.44. The summed E-state index contributed by atoms with van der Waals surface area (Å²) in [5, 5.41) is 4.53. The van der Waals surface area contributed by atoms with Crippen molar-refractivity contribution in [3.63, 3.8) is 0 Å². The summed E-state index contributed by atoms with van der Waals surface area (Å²) >= 11 is 14.1. The van der Waals surface area contributed by atoms with Crippen LogP contribution in [0.3, 0.4) is 0 Å². The highest BCUT2D eigenvalue weighted by Gasteiger charge is 2.20. The quantitative estimate of drug-likeness (QED) is 0.446. The first-order valence-electron chi connectivity index (χ1n) is 8.21. The van der Waals surface area contributed by atoms with Crippen LogP contribution in [0.5, 0.6) is 0 Å². The Kier molecular flexibility index (Phi) is 5.13. The number of rotatable bonds is 4. The zero-order chi connectivity index (χ0) is 19.7. The van der Waals surface area contributed by atoms with Gasteiger partial charge in [0.25, 0.3) is 0 Å². The second-order valence-corrected chi connectivity index (χ2v) is 7.71. The molecule has 0 aliphatic rings. The molecule has 0 spiro atoms. The molecule has 0 aliphatic carbocycles. The van der Waals surface area contributed by atoms with E-state index in [2.05, 4.69) is 20.3 Å². The molecular formula is C19H13Cl2N5OS. The Morgan fingerprint density at radius 3 is 2.75 bits per heavy atom. The highest BCUT2D eigenvalue weighted by Crippen LogP contribution is 2.42. The molecule has 0 atom stereocenters. The van der Waals surface area contributed by atoms with E-state index in [-0.39, 0.29) is 5.91 Å². The number of nitrogens with zero attached hydrogens (tertiary/aromatic N) is 3. The van der Waals surface area contributed by atoms with Crippen LogP contribution < -0.4 is 5.32 Å². The van der Waals surface area contributed by atoms with Crippen LogP contribution in [0.15, 0.2) is 48.9 Å². The minimum absolute atomic E-state index is 0.188. The van der Waals surface area contributed by atoms with Gasteiger partial charge in [0.1, 0.15) is 16.6 Å². The number of imidazole rings is 1. The molecule has 0 radical (unpaired) electrons. The minimum atomic E-state index is -0.188. The molecule has 0 bridgehead atoms. The molecular weight excluding hydrogens is 417 g/mol. The molecule has 0 aliphatic heterocycles. The molecule has 1 amide bonds. The van der Waals surface area contributed by atoms with Gasteiger partial charge in [-0.05, 0) is 30.3 Å². The van der Waals surface area contributed by atoms with Gasteiger partial charge in [-0.3, -0.25) is 4.79 Å². The van der Waals surface area contributed by atoms with Crippen LogP contribution in [-0.4, -0.2) is 25.8 Å². The average molecular weight is 430 g/mol. The summed E-state index contributed by atoms with van der Waals surface area (Å²) in [5.74, 6) is 0.958. The molecule has 4 rings (SSSR count). The van der Waals surface area contributed by atoms with Crippen molar-refractivity contribution in [2.24, 2.45) is 0 Å². The number of aromatic amines is 1. The van der Waals surface area contributed by atoms with Crippen LogP contribution in [0, 0.1) is 0 Å². The molecule has 2 N–H and O–H groups in total. The van der Waals surface area contributed by atoms with Gasteiger partial charge in [-0.1, -0.05) is 23.2 Å². The average Bonchev–Trinajstić information content (AvgIpc) is 3.32. The predicted molar refractivity (Wildman–Crippen MR) is 113 cm³/mol. The summed E-state index contributed by atoms with van der Waals surface area (Å²) in [6.07, 6.45) is 5.05. The number of nitrogens with one attached hydrogen (secondary N) is 2. The first-order chi connectivity index (χ1) is 13.5. The molecule has 28 heavy (non-hydrogen) atoms. The van der Waals surface area contributed by atoms with Gasteiger partial charge in [-0.15, -0.1) is 11.3 Å². The number of anilines is 1. The number of aromatic nitrogens is 4. The Bertz CT molecular complexity index is 1160. The van der Waals surface area contributed by atoms with Crippen molar-refractivity contribution in [3.8, 4) is 32.5 Å². The van der Waals surface area contributed by atoms with Gasteiger partial charge < -0.3 is 10.3 Å². The van der Waals surface area contributed by atoms with E-state index in [1.165, 1.54) is 18.3 Å². The molecule has 0 saturated carbocycles. The monoisotopic (exact) mass is 429 g/mol. The number of carbonyl (C=O) groups excluding carboxylic acids is 1. The smallest absolute Gasteiger partial charge is 0.222 e. The topological polar surface area (TPSA) is 83.6 Å². The summed E-state index contributed by atoms with van der Waals surface area (Å²) in [4.78, 5) is 28.6. The van der Waals surface area contributed by atoms with Crippen molar-refractivity contribution < 1.29 is 4.79 Å². The van der Waals surface area contributed by atoms with E-state index >= 15 is 0 Å². The van der Waals surface area contributed by atoms with Crippen LogP contribution in [-0.2, 0) is 4.79 Å². The molecule has 6 nitrogen and oxygen atoms in total. The van der Waals surface area contributed by atoms with Crippen LogP contribution in [0.25, 0.3) is 32.5 Å². The Labute approximate surface area is 174 Å². The SMILES string of the molecule is CC(=O)Nc1cc(-c2nc(-c3cc(Cl)ccc3Cl)c(-c3ncc[nH]3)s2)ccn1. The number of hydrogen-bond donors (Lipinski definition) is 2. The summed E-state index contributed by atoms with van der Waals surface area (Å²) in [7, 11) is 0. The molecule has 0 fully saturated rings. The maximum Gasteiger partial charge on any atom is 0.222 e. The van der Waals surface area contributed by atoms with Gasteiger partial charge in [0.05, 0.1) is 15.6 Å². The van der Waals surface area contributed by atoms with Gasteiger partial charge in [0, 0.05) is 41.7 Å². The van der Waals surface area contributed by atoms with Crippen molar-refractivity contribution in [2.45, 2.75) is 6.92 Å². The summed E-state index contributed by atoms with van der Waals surface area (Å²) in [6, 6.07) is 8.86. The van der Waals surface area contributed by atoms with E-state index in [0.717, 1.165) is 21.0 Å². The van der Waals surface area contributed by atoms with Crippen LogP contribution >= 0.6 is 34.5 Å². The van der Waals surface area contributed by atoms with Crippen LogP contribution in [0.1, 0.15) is 6.92 Å². The van der Waals surface area contributed by atoms with Crippen molar-refractivity contribution in [1.82, 2.24) is 19.9 Å². The second kappa shape index (κ2) is 7.71. The predicted octanol–water partition coefficient (Wildman–Crippen LogP) is 5.53. The maximum atomic E-state index is 11.3. The first-order valence-corrected chi connectivity index (χ1v) is 9.78. The van der Waals surface area contributed by atoms with Crippen molar-refractivity contribution >= 4 is 46.3 Å². The minimum Gasteiger partial charge on any atom is -0.344 e. The molecule has 3 heterocycles. The van der Waals surface area contributed by atoms with E-state index in [0.29, 0.717) is 27.4 Å². The number of benzene rings is 1. The molecule has 140 valence electrons. The highest BCUT2D eigenvalue weighted by atomic mass is 35.5. The van der Waals surface area contributed by atoms with Crippen molar-refractivity contribution in [2.75, 3.05) is 5.32 Å². The normalized spacial score (nSPS) is 10.8. The molecule has 1 aromatic carbocycles. The number of thiazole rings is 1. The first kappa shape index (κ1) is 18.6. The van der Waals surface area contributed by atoms with Gasteiger partial charge >= 0.3 is 0 Å². The molecule has 3 aromatic heterocycles. The number of H-pyrrole nitrogens is 1. The molecule has 0 unspecified atom stereocenters. The van der Waals surface area contributed by atoms with E-state index in [9.17, 15) is 4.79 Å². The van der Waals surface area contributed by atoms with E-state index in [1.54, 1.807) is 42.9 Å². The van der Waals surface area contributed by atoms with Gasteiger partial charge in [0.2, 0.25) is 5.91 Å². The number of carbonyl (C=O) groups is 1. The lowest BCUT2D eigenvalue weighted by molar-refractivity contribution is -0.114. The second-order valence-electron chi connectivity index (χ2n) is 5.87. The zero-order valence-electron chi connectivity index (χ0n) is 14.5. The van der Waals surface area contributed by atoms with Crippen LogP contribution in [0.4, 0.5) is 5.82 Å². The summed E-state index contributed by atoms with van der Waals surface area (Å²) < 4.78 is 0. The Morgan fingerprint density at radius 2 is 2.00 bits per heavy atom. The number of pyridine rings is 1. The Balaban J connectivity index is 1.87. The third kappa shape index (κ3) is 3.77. The van der Waals surface area contributed by atoms with Gasteiger partial charge in [-0.2, -0.15) is 0 Å². The fourth-order valence-corrected chi connectivity index (χ4v) is 4.08. The molecule has 0 saturated heterocycles. The van der Waals surface area contributed by atoms with Crippen molar-refractivity contribution in [1.29, 1.82) is 0 Å². The standard InChI is InChI=1S/C19H13Cl2N5OS/c1-10(27)25-15-8-11(4-5-22-15)19-26-16(13-9-12(20)2-3-14(13)21)17(28-19)18-23-6-7-24-18/h2-9H,1H3,(H,23,24)(H,22,25,27). The largest absolute Gasteiger partial charge is 0.344 e. The third-order valence-electron chi connectivity index (χ3n) is 3.83. The molecule has 4 aromatic rings. The lowest BCUT2D eigenvalue weighted by atomic mass is 10.1. The Morgan fingerprint density at radius 1 is 1.14 bits per heavy atom.